The molecule has 0 saturated carbocycles. The minimum absolute atomic E-state index is 0.133. The van der Waals surface area contributed by atoms with E-state index in [9.17, 15) is 13.6 Å². The van der Waals surface area contributed by atoms with Crippen LogP contribution in [-0.4, -0.2) is 22.9 Å². The molecule has 0 saturated heterocycles. The summed E-state index contributed by atoms with van der Waals surface area (Å²) in [6.07, 6.45) is 0. The van der Waals surface area contributed by atoms with E-state index in [-0.39, 0.29) is 11.5 Å². The van der Waals surface area contributed by atoms with Crippen LogP contribution in [0.5, 0.6) is 5.88 Å². The van der Waals surface area contributed by atoms with Crippen LogP contribution in [0.2, 0.25) is 0 Å². The average Bonchev–Trinajstić information content (AvgIpc) is 2.73. The molecule has 6 nitrogen and oxygen atoms in total. The molecule has 2 amide bonds. The highest BCUT2D eigenvalue weighted by molar-refractivity contribution is 5.99. The molecule has 0 unspecified atom stereocenters. The Morgan fingerprint density at radius 2 is 2.05 bits per heavy atom. The van der Waals surface area contributed by atoms with Gasteiger partial charge in [-0.15, -0.1) is 0 Å². The fourth-order valence-corrected chi connectivity index (χ4v) is 1.56. The number of carbonyl (C=O) groups excluding carboxylic acids is 1. The molecule has 0 spiro atoms. The van der Waals surface area contributed by atoms with E-state index in [1.54, 1.807) is 7.05 Å². The smallest absolute Gasteiger partial charge is 0.324 e. The van der Waals surface area contributed by atoms with Gasteiger partial charge in [-0.3, -0.25) is 5.32 Å². The third-order valence-corrected chi connectivity index (χ3v) is 2.47. The van der Waals surface area contributed by atoms with Gasteiger partial charge in [-0.05, 0) is 12.1 Å². The predicted molar refractivity (Wildman–Crippen MR) is 68.8 cm³/mol. The number of urea groups is 1. The number of carbonyl (C=O) groups is 1. The molecule has 0 aliphatic rings. The zero-order chi connectivity index (χ0) is 14.7. The third-order valence-electron chi connectivity index (χ3n) is 2.47. The first kappa shape index (κ1) is 13.8. The molecule has 106 valence electrons. The number of aryl methyl sites for hydroxylation is 1. The molecule has 1 aromatic heterocycles. The van der Waals surface area contributed by atoms with Crippen molar-refractivity contribution in [3.8, 4) is 5.88 Å². The molecular formula is C12H12F2N4O2. The highest BCUT2D eigenvalue weighted by Crippen LogP contribution is 2.17. The van der Waals surface area contributed by atoms with Crippen LogP contribution in [0, 0.1) is 11.6 Å². The zero-order valence-electron chi connectivity index (χ0n) is 10.8. The molecule has 1 aromatic carbocycles. The van der Waals surface area contributed by atoms with Gasteiger partial charge < -0.3 is 10.1 Å². The lowest BCUT2D eigenvalue weighted by Crippen LogP contribution is -2.20. The summed E-state index contributed by atoms with van der Waals surface area (Å²) >= 11 is 0. The first-order valence-electron chi connectivity index (χ1n) is 5.60. The number of aromatic nitrogens is 2. The Morgan fingerprint density at radius 3 is 2.65 bits per heavy atom. The van der Waals surface area contributed by atoms with Gasteiger partial charge in [0.25, 0.3) is 0 Å². The molecule has 0 aliphatic carbocycles. The Morgan fingerprint density at radius 1 is 1.30 bits per heavy atom. The van der Waals surface area contributed by atoms with E-state index >= 15 is 0 Å². The average molecular weight is 282 g/mol. The Kier molecular flexibility index (Phi) is 3.83. The summed E-state index contributed by atoms with van der Waals surface area (Å²) < 4.78 is 32.5. The minimum Gasteiger partial charge on any atom is -0.481 e. The topological polar surface area (TPSA) is 68.2 Å². The number of anilines is 2. The number of methoxy groups -OCH3 is 1. The molecule has 0 fully saturated rings. The summed E-state index contributed by atoms with van der Waals surface area (Å²) in [5, 5.41) is 8.62. The van der Waals surface area contributed by atoms with Crippen molar-refractivity contribution >= 4 is 17.5 Å². The van der Waals surface area contributed by atoms with Crippen molar-refractivity contribution in [2.45, 2.75) is 0 Å². The fraction of sp³-hybridized carbons (Fsp3) is 0.167. The first-order valence-corrected chi connectivity index (χ1v) is 5.60. The van der Waals surface area contributed by atoms with E-state index in [1.165, 1.54) is 17.9 Å². The van der Waals surface area contributed by atoms with Crippen LogP contribution in [0.4, 0.5) is 25.1 Å². The number of nitrogens with zero attached hydrogens (tertiary/aromatic N) is 2. The van der Waals surface area contributed by atoms with Gasteiger partial charge in [0.05, 0.1) is 12.8 Å². The summed E-state index contributed by atoms with van der Waals surface area (Å²) in [4.78, 5) is 11.7. The molecule has 2 rings (SSSR count). The molecule has 0 bridgehead atoms. The first-order chi connectivity index (χ1) is 9.49. The molecule has 2 aromatic rings. The van der Waals surface area contributed by atoms with Gasteiger partial charge in [0.2, 0.25) is 5.88 Å². The maximum atomic E-state index is 13.4. The second-order valence-corrected chi connectivity index (χ2v) is 3.90. The monoisotopic (exact) mass is 282 g/mol. The molecule has 0 atom stereocenters. The standard InChI is InChI=1S/C12H12F2N4O2/c1-18-11(20-2)6-10(17-18)16-12(19)15-9-4-3-7(13)5-8(9)14/h3-6H,1-2H3,(H2,15,16,17,19). The molecule has 0 radical (unpaired) electrons. The van der Waals surface area contributed by atoms with Gasteiger partial charge >= 0.3 is 6.03 Å². The summed E-state index contributed by atoms with van der Waals surface area (Å²) in [5.74, 6) is -0.890. The van der Waals surface area contributed by atoms with Crippen molar-refractivity contribution < 1.29 is 18.3 Å². The van der Waals surface area contributed by atoms with Crippen LogP contribution < -0.4 is 15.4 Å². The highest BCUT2D eigenvalue weighted by atomic mass is 19.1. The summed E-state index contributed by atoms with van der Waals surface area (Å²) in [5.41, 5.74) is -0.133. The lowest BCUT2D eigenvalue weighted by Gasteiger charge is -2.06. The third kappa shape index (κ3) is 3.02. The Balaban J connectivity index is 2.05. The summed E-state index contributed by atoms with van der Waals surface area (Å²) in [7, 11) is 3.11. The minimum atomic E-state index is -0.862. The van der Waals surface area contributed by atoms with Gasteiger partial charge in [-0.1, -0.05) is 0 Å². The molecule has 8 heteroatoms. The van der Waals surface area contributed by atoms with Crippen molar-refractivity contribution in [2.24, 2.45) is 7.05 Å². The number of rotatable bonds is 3. The second kappa shape index (κ2) is 5.55. The van der Waals surface area contributed by atoms with E-state index in [1.807, 2.05) is 0 Å². The number of hydrogen-bond acceptors (Lipinski definition) is 3. The lowest BCUT2D eigenvalue weighted by atomic mass is 10.3. The number of halogens is 2. The van der Waals surface area contributed by atoms with E-state index in [4.69, 9.17) is 4.74 Å². The number of nitrogens with one attached hydrogen (secondary N) is 2. The molecule has 2 N–H and O–H groups in total. The van der Waals surface area contributed by atoms with Gasteiger partial charge in [-0.25, -0.2) is 18.3 Å². The van der Waals surface area contributed by atoms with E-state index < -0.39 is 17.7 Å². The van der Waals surface area contributed by atoms with Crippen LogP contribution in [0.25, 0.3) is 0 Å². The highest BCUT2D eigenvalue weighted by Gasteiger charge is 2.11. The van der Waals surface area contributed by atoms with Crippen LogP contribution >= 0.6 is 0 Å². The van der Waals surface area contributed by atoms with Gasteiger partial charge in [0, 0.05) is 19.2 Å². The van der Waals surface area contributed by atoms with Crippen molar-refractivity contribution in [2.75, 3.05) is 17.7 Å². The molecule has 1 heterocycles. The normalized spacial score (nSPS) is 10.2. The van der Waals surface area contributed by atoms with E-state index in [2.05, 4.69) is 15.7 Å². The van der Waals surface area contributed by atoms with Crippen LogP contribution in [0.15, 0.2) is 24.3 Å². The van der Waals surface area contributed by atoms with E-state index in [0.29, 0.717) is 11.9 Å². The summed E-state index contributed by atoms with van der Waals surface area (Å²) in [6, 6.07) is 3.66. The second-order valence-electron chi connectivity index (χ2n) is 3.90. The predicted octanol–water partition coefficient (Wildman–Crippen LogP) is 2.35. The maximum Gasteiger partial charge on any atom is 0.324 e. The largest absolute Gasteiger partial charge is 0.481 e. The van der Waals surface area contributed by atoms with Crippen molar-refractivity contribution in [3.63, 3.8) is 0 Å². The summed E-state index contributed by atoms with van der Waals surface area (Å²) in [6.45, 7) is 0. The molecule has 0 aliphatic heterocycles. The number of hydrogen-bond donors (Lipinski definition) is 2. The van der Waals surface area contributed by atoms with Crippen molar-refractivity contribution in [3.05, 3.63) is 35.9 Å². The lowest BCUT2D eigenvalue weighted by molar-refractivity contribution is 0.262. The zero-order valence-corrected chi connectivity index (χ0v) is 10.8. The maximum absolute atomic E-state index is 13.4. The van der Waals surface area contributed by atoms with Crippen LogP contribution in [-0.2, 0) is 7.05 Å². The van der Waals surface area contributed by atoms with Crippen LogP contribution in [0.3, 0.4) is 0 Å². The Hall–Kier alpha value is -2.64. The number of ether oxygens (including phenoxy) is 1. The van der Waals surface area contributed by atoms with Gasteiger partial charge in [-0.2, -0.15) is 5.10 Å². The SMILES string of the molecule is COc1cc(NC(=O)Nc2ccc(F)cc2F)nn1C. The Labute approximate surface area is 113 Å². The van der Waals surface area contributed by atoms with Crippen molar-refractivity contribution in [1.29, 1.82) is 0 Å². The van der Waals surface area contributed by atoms with E-state index in [0.717, 1.165) is 12.1 Å². The fourth-order valence-electron chi connectivity index (χ4n) is 1.56. The molecular weight excluding hydrogens is 270 g/mol. The van der Waals surface area contributed by atoms with Crippen molar-refractivity contribution in [1.82, 2.24) is 9.78 Å². The van der Waals surface area contributed by atoms with Gasteiger partial charge in [0.1, 0.15) is 11.6 Å². The van der Waals surface area contributed by atoms with Gasteiger partial charge in [0.15, 0.2) is 5.82 Å². The number of benzene rings is 1. The Bertz CT molecular complexity index is 642. The quantitative estimate of drug-likeness (QED) is 0.908. The number of amides is 2. The molecule has 20 heavy (non-hydrogen) atoms. The van der Waals surface area contributed by atoms with Crippen LogP contribution in [0.1, 0.15) is 0 Å².